The molecule has 2 aliphatic rings. The number of ether oxygens (including phenoxy) is 1. The molecule has 0 unspecified atom stereocenters. The van der Waals surface area contributed by atoms with Crippen molar-refractivity contribution in [3.05, 3.63) is 76.3 Å². The van der Waals surface area contributed by atoms with Crippen molar-refractivity contribution in [3.63, 3.8) is 0 Å². The van der Waals surface area contributed by atoms with E-state index in [1.165, 1.54) is 10.4 Å². The summed E-state index contributed by atoms with van der Waals surface area (Å²) in [6.07, 6.45) is 0. The van der Waals surface area contributed by atoms with E-state index in [9.17, 15) is 23.3 Å². The molecule has 0 saturated carbocycles. The Morgan fingerprint density at radius 2 is 1.56 bits per heavy atom. The maximum absolute atomic E-state index is 13.3. The first-order valence-electron chi connectivity index (χ1n) is 11.7. The van der Waals surface area contributed by atoms with E-state index in [0.29, 0.717) is 45.1 Å². The van der Waals surface area contributed by atoms with E-state index in [1.807, 2.05) is 24.3 Å². The van der Waals surface area contributed by atoms with Crippen molar-refractivity contribution >= 4 is 38.1 Å². The minimum absolute atomic E-state index is 0.167. The summed E-state index contributed by atoms with van der Waals surface area (Å²) in [6.45, 7) is 2.76. The number of carbonyl (C=O) groups is 1. The average Bonchev–Trinajstić information content (AvgIpc) is 2.92. The predicted octanol–water partition coefficient (Wildman–Crippen LogP) is 2.73. The fraction of sp³-hybridized carbons (Fsp3) is 0.320. The number of nitro benzene ring substituents is 1. The number of amides is 1. The highest BCUT2D eigenvalue weighted by molar-refractivity contribution is 7.89. The van der Waals surface area contributed by atoms with Crippen molar-refractivity contribution in [2.75, 3.05) is 57.4 Å². The molecule has 2 fully saturated rings. The summed E-state index contributed by atoms with van der Waals surface area (Å²) < 4.78 is 33.2. The molecular weight excluding hydrogens is 484 g/mol. The number of hydrogen-bond acceptors (Lipinski definition) is 7. The molecule has 0 aromatic heterocycles. The minimum Gasteiger partial charge on any atom is -0.378 e. The van der Waals surface area contributed by atoms with Gasteiger partial charge >= 0.3 is 0 Å². The largest absolute Gasteiger partial charge is 0.378 e. The van der Waals surface area contributed by atoms with Gasteiger partial charge in [-0.15, -0.1) is 0 Å². The first-order chi connectivity index (χ1) is 17.3. The second-order valence-corrected chi connectivity index (χ2v) is 10.7. The number of anilines is 1. The van der Waals surface area contributed by atoms with E-state index in [0.717, 1.165) is 10.8 Å². The highest BCUT2D eigenvalue weighted by Crippen LogP contribution is 2.32. The van der Waals surface area contributed by atoms with Gasteiger partial charge in [0.1, 0.15) is 5.69 Å². The Labute approximate surface area is 208 Å². The van der Waals surface area contributed by atoms with Crippen LogP contribution in [0.5, 0.6) is 0 Å². The standard InChI is InChI=1S/C25H26N4O6S/c30-25(27-13-15-35-16-14-27)21-6-8-23(24(18-21)29(31)32)26-9-11-28(12-10-26)36(33,34)22-7-5-19-3-1-2-4-20(19)17-22/h1-8,17-18H,9-16H2. The number of rotatable bonds is 5. The van der Waals surface area contributed by atoms with E-state index in [1.54, 1.807) is 40.1 Å². The number of nitro groups is 1. The number of morpholine rings is 1. The Hall–Kier alpha value is -3.54. The number of nitrogens with zero attached hydrogens (tertiary/aromatic N) is 4. The summed E-state index contributed by atoms with van der Waals surface area (Å²) >= 11 is 0. The molecule has 10 nitrogen and oxygen atoms in total. The lowest BCUT2D eigenvalue weighted by atomic mass is 10.1. The number of sulfonamides is 1. The number of fused-ring (bicyclic) bond motifs is 1. The van der Waals surface area contributed by atoms with Crippen molar-refractivity contribution < 1.29 is 22.9 Å². The van der Waals surface area contributed by atoms with Crippen molar-refractivity contribution in [2.45, 2.75) is 4.90 Å². The smallest absolute Gasteiger partial charge is 0.293 e. The summed E-state index contributed by atoms with van der Waals surface area (Å²) in [5.41, 5.74) is 0.464. The SMILES string of the molecule is O=C(c1ccc(N2CCN(S(=O)(=O)c3ccc4ccccc4c3)CC2)c([N+](=O)[O-])c1)N1CCOCC1. The van der Waals surface area contributed by atoms with E-state index in [2.05, 4.69) is 0 Å². The van der Waals surface area contributed by atoms with E-state index >= 15 is 0 Å². The highest BCUT2D eigenvalue weighted by Gasteiger charge is 2.31. The molecule has 1 amide bonds. The van der Waals surface area contributed by atoms with E-state index in [-0.39, 0.29) is 35.1 Å². The molecule has 0 spiro atoms. The van der Waals surface area contributed by atoms with Gasteiger partial charge < -0.3 is 14.5 Å². The van der Waals surface area contributed by atoms with Gasteiger partial charge in [-0.05, 0) is 35.0 Å². The maximum Gasteiger partial charge on any atom is 0.293 e. The molecular formula is C25H26N4O6S. The van der Waals surface area contributed by atoms with Gasteiger partial charge in [-0.1, -0.05) is 30.3 Å². The molecule has 3 aromatic carbocycles. The second-order valence-electron chi connectivity index (χ2n) is 8.77. The Morgan fingerprint density at radius 3 is 2.25 bits per heavy atom. The van der Waals surface area contributed by atoms with Gasteiger partial charge in [0.2, 0.25) is 10.0 Å². The average molecular weight is 511 g/mol. The van der Waals surface area contributed by atoms with Crippen LogP contribution in [0.25, 0.3) is 10.8 Å². The van der Waals surface area contributed by atoms with Crippen LogP contribution >= 0.6 is 0 Å². The van der Waals surface area contributed by atoms with Crippen LogP contribution in [0.2, 0.25) is 0 Å². The Balaban J connectivity index is 1.32. The lowest BCUT2D eigenvalue weighted by molar-refractivity contribution is -0.384. The molecule has 0 atom stereocenters. The van der Waals surface area contributed by atoms with E-state index < -0.39 is 14.9 Å². The van der Waals surface area contributed by atoms with Gasteiger partial charge in [0.15, 0.2) is 0 Å². The fourth-order valence-electron chi connectivity index (χ4n) is 4.67. The molecule has 0 aliphatic carbocycles. The van der Waals surface area contributed by atoms with Crippen LogP contribution < -0.4 is 4.90 Å². The van der Waals surface area contributed by atoms with Crippen LogP contribution in [0.15, 0.2) is 65.6 Å². The third-order valence-electron chi connectivity index (χ3n) is 6.66. The van der Waals surface area contributed by atoms with Crippen LogP contribution in [0.3, 0.4) is 0 Å². The fourth-order valence-corrected chi connectivity index (χ4v) is 6.12. The molecule has 36 heavy (non-hydrogen) atoms. The zero-order valence-corrected chi connectivity index (χ0v) is 20.4. The van der Waals surface area contributed by atoms with Crippen LogP contribution in [0, 0.1) is 10.1 Å². The Kier molecular flexibility index (Phi) is 6.61. The van der Waals surface area contributed by atoms with Gasteiger partial charge in [-0.25, -0.2) is 8.42 Å². The first kappa shape index (κ1) is 24.2. The zero-order chi connectivity index (χ0) is 25.3. The minimum atomic E-state index is -3.70. The van der Waals surface area contributed by atoms with Crippen molar-refractivity contribution in [1.29, 1.82) is 0 Å². The van der Waals surface area contributed by atoms with Crippen LogP contribution in [0.1, 0.15) is 10.4 Å². The Morgan fingerprint density at radius 1 is 0.861 bits per heavy atom. The summed E-state index contributed by atoms with van der Waals surface area (Å²) in [5, 5.41) is 13.7. The van der Waals surface area contributed by atoms with Gasteiger partial charge in [0.05, 0.1) is 23.0 Å². The van der Waals surface area contributed by atoms with E-state index in [4.69, 9.17) is 4.74 Å². The number of carbonyl (C=O) groups excluding carboxylic acids is 1. The summed E-state index contributed by atoms with van der Waals surface area (Å²) in [7, 11) is -3.70. The lowest BCUT2D eigenvalue weighted by Crippen LogP contribution is -2.48. The van der Waals surface area contributed by atoms with Crippen molar-refractivity contribution in [3.8, 4) is 0 Å². The van der Waals surface area contributed by atoms with Gasteiger partial charge in [-0.3, -0.25) is 14.9 Å². The second kappa shape index (κ2) is 9.84. The molecule has 188 valence electrons. The predicted molar refractivity (Wildman–Crippen MR) is 135 cm³/mol. The topological polar surface area (TPSA) is 113 Å². The molecule has 2 aliphatic heterocycles. The van der Waals surface area contributed by atoms with Gasteiger partial charge in [0, 0.05) is 50.9 Å². The molecule has 0 radical (unpaired) electrons. The Bertz CT molecular complexity index is 1410. The van der Waals surface area contributed by atoms with Crippen LogP contribution in [0.4, 0.5) is 11.4 Å². The summed E-state index contributed by atoms with van der Waals surface area (Å²) in [5.74, 6) is -0.265. The van der Waals surface area contributed by atoms with Gasteiger partial charge in [-0.2, -0.15) is 4.31 Å². The third-order valence-corrected chi connectivity index (χ3v) is 8.55. The number of piperazine rings is 1. The molecule has 2 heterocycles. The van der Waals surface area contributed by atoms with Crippen LogP contribution in [-0.2, 0) is 14.8 Å². The number of benzene rings is 3. The monoisotopic (exact) mass is 510 g/mol. The van der Waals surface area contributed by atoms with Crippen LogP contribution in [-0.4, -0.2) is 80.9 Å². The zero-order valence-electron chi connectivity index (χ0n) is 19.6. The molecule has 0 bridgehead atoms. The maximum atomic E-state index is 13.3. The molecule has 5 rings (SSSR count). The lowest BCUT2D eigenvalue weighted by Gasteiger charge is -2.35. The van der Waals surface area contributed by atoms with Gasteiger partial charge in [0.25, 0.3) is 11.6 Å². The molecule has 2 saturated heterocycles. The van der Waals surface area contributed by atoms with Crippen molar-refractivity contribution in [1.82, 2.24) is 9.21 Å². The molecule has 0 N–H and O–H groups in total. The summed E-state index contributed by atoms with van der Waals surface area (Å²) in [4.78, 5) is 27.8. The number of hydrogen-bond donors (Lipinski definition) is 0. The highest BCUT2D eigenvalue weighted by atomic mass is 32.2. The molecule has 3 aromatic rings. The third kappa shape index (κ3) is 4.64. The quantitative estimate of drug-likeness (QED) is 0.383. The summed E-state index contributed by atoms with van der Waals surface area (Å²) in [6, 6.07) is 17.1. The van der Waals surface area contributed by atoms with Crippen molar-refractivity contribution in [2.24, 2.45) is 0 Å². The normalized spacial score (nSPS) is 17.3. The molecule has 11 heteroatoms. The first-order valence-corrected chi connectivity index (χ1v) is 13.2.